The van der Waals surface area contributed by atoms with Crippen LogP contribution >= 0.6 is 11.6 Å². The molecule has 1 aromatic carbocycles. The minimum atomic E-state index is -0.0164. The van der Waals surface area contributed by atoms with Crippen LogP contribution in [0, 0.1) is 0 Å². The predicted octanol–water partition coefficient (Wildman–Crippen LogP) is 3.30. The first-order valence-corrected chi connectivity index (χ1v) is 8.84. The van der Waals surface area contributed by atoms with Crippen molar-refractivity contribution in [1.82, 2.24) is 15.0 Å². The van der Waals surface area contributed by atoms with Crippen LogP contribution in [0.3, 0.4) is 0 Å². The molecular formula is C20H20ClN3O3. The van der Waals surface area contributed by atoms with Crippen molar-refractivity contribution in [3.05, 3.63) is 70.9 Å². The fraction of sp³-hybridized carbons (Fsp3) is 0.250. The molecule has 0 bridgehead atoms. The highest BCUT2D eigenvalue weighted by Crippen LogP contribution is 2.31. The van der Waals surface area contributed by atoms with E-state index in [1.807, 2.05) is 30.3 Å². The summed E-state index contributed by atoms with van der Waals surface area (Å²) < 4.78 is 10.6. The summed E-state index contributed by atoms with van der Waals surface area (Å²) in [6, 6.07) is 9.62. The molecule has 2 aromatic heterocycles. The second-order valence-corrected chi connectivity index (χ2v) is 6.31. The second-order valence-electron chi connectivity index (χ2n) is 5.87. The number of pyridine rings is 1. The Hall–Kier alpha value is -2.54. The molecule has 2 heterocycles. The van der Waals surface area contributed by atoms with E-state index in [0.29, 0.717) is 23.1 Å². The van der Waals surface area contributed by atoms with Gasteiger partial charge >= 0.3 is 0 Å². The maximum Gasteiger partial charge on any atom is 0.221 e. The lowest BCUT2D eigenvalue weighted by Gasteiger charge is -2.10. The second kappa shape index (κ2) is 9.41. The first-order valence-electron chi connectivity index (χ1n) is 8.47. The highest BCUT2D eigenvalue weighted by molar-refractivity contribution is 6.30. The zero-order valence-corrected chi connectivity index (χ0v) is 15.7. The molecule has 3 aromatic rings. The first kappa shape index (κ1) is 19.2. The number of hydrogen-bond acceptors (Lipinski definition) is 6. The Morgan fingerprint density at radius 2 is 1.81 bits per heavy atom. The highest BCUT2D eigenvalue weighted by atomic mass is 35.5. The molecule has 0 saturated heterocycles. The van der Waals surface area contributed by atoms with Crippen molar-refractivity contribution in [1.29, 1.82) is 0 Å². The molecule has 0 radical (unpaired) electrons. The van der Waals surface area contributed by atoms with E-state index in [0.717, 1.165) is 22.3 Å². The number of aromatic nitrogens is 3. The van der Waals surface area contributed by atoms with Crippen molar-refractivity contribution < 1.29 is 14.6 Å². The van der Waals surface area contributed by atoms with Crippen LogP contribution in [-0.2, 0) is 17.8 Å². The number of benzene rings is 1. The lowest BCUT2D eigenvalue weighted by atomic mass is 10.0. The summed E-state index contributed by atoms with van der Waals surface area (Å²) in [5.41, 5.74) is 3.80. The third-order valence-corrected chi connectivity index (χ3v) is 4.11. The molecule has 3 rings (SSSR count). The summed E-state index contributed by atoms with van der Waals surface area (Å²) in [4.78, 5) is 13.0. The van der Waals surface area contributed by atoms with E-state index in [-0.39, 0.29) is 19.8 Å². The van der Waals surface area contributed by atoms with E-state index in [9.17, 15) is 0 Å². The lowest BCUT2D eigenvalue weighted by molar-refractivity contribution is 0.0776. The van der Waals surface area contributed by atoms with Gasteiger partial charge in [0.1, 0.15) is 6.61 Å². The maximum atomic E-state index is 8.72. The van der Waals surface area contributed by atoms with Gasteiger partial charge < -0.3 is 14.6 Å². The number of methoxy groups -OCH3 is 1. The molecule has 0 unspecified atom stereocenters. The fourth-order valence-corrected chi connectivity index (χ4v) is 2.82. The normalized spacial score (nSPS) is 10.8. The largest absolute Gasteiger partial charge is 0.481 e. The van der Waals surface area contributed by atoms with Gasteiger partial charge in [0.2, 0.25) is 5.88 Å². The van der Waals surface area contributed by atoms with Gasteiger partial charge in [-0.2, -0.15) is 0 Å². The average Bonchev–Trinajstić information content (AvgIpc) is 2.69. The molecule has 1 N–H and O–H groups in total. The number of ether oxygens (including phenoxy) is 2. The van der Waals surface area contributed by atoms with Crippen LogP contribution in [0.4, 0.5) is 0 Å². The van der Waals surface area contributed by atoms with Crippen LogP contribution in [-0.4, -0.2) is 40.4 Å². The molecule has 0 aliphatic rings. The Morgan fingerprint density at radius 1 is 1.04 bits per heavy atom. The molecule has 0 aliphatic carbocycles. The number of rotatable bonds is 8. The fourth-order valence-electron chi connectivity index (χ4n) is 2.63. The Bertz CT molecular complexity index is 888. The number of halogens is 1. The molecular weight excluding hydrogens is 366 g/mol. The van der Waals surface area contributed by atoms with E-state index in [1.54, 1.807) is 25.7 Å². The molecule has 0 aliphatic heterocycles. The number of hydrogen-bond donors (Lipinski definition) is 1. The van der Waals surface area contributed by atoms with Crippen molar-refractivity contribution in [3.63, 3.8) is 0 Å². The Labute approximate surface area is 162 Å². The SMILES string of the molecule is COc1ncc(Cc2cnc(COCCO)nc2)cc1-c1cccc(Cl)c1. The Balaban J connectivity index is 1.78. The monoisotopic (exact) mass is 385 g/mol. The summed E-state index contributed by atoms with van der Waals surface area (Å²) >= 11 is 6.12. The van der Waals surface area contributed by atoms with Gasteiger partial charge in [0.05, 0.1) is 20.3 Å². The molecule has 0 atom stereocenters. The maximum absolute atomic E-state index is 8.72. The summed E-state index contributed by atoms with van der Waals surface area (Å²) in [5.74, 6) is 1.13. The number of aliphatic hydroxyl groups excluding tert-OH is 1. The molecule has 0 spiro atoms. The van der Waals surface area contributed by atoms with Crippen molar-refractivity contribution in [2.24, 2.45) is 0 Å². The summed E-state index contributed by atoms with van der Waals surface area (Å²) in [7, 11) is 1.60. The standard InChI is InChI=1S/C20H20ClN3O3/c1-26-20-18(16-3-2-4-17(21)9-16)8-14(10-24-20)7-15-11-22-19(23-12-15)13-27-6-5-25/h2-4,8-12,25H,5-7,13H2,1H3. The van der Waals surface area contributed by atoms with Crippen LogP contribution in [0.2, 0.25) is 5.02 Å². The van der Waals surface area contributed by atoms with Crippen LogP contribution in [0.1, 0.15) is 17.0 Å². The average molecular weight is 386 g/mol. The zero-order valence-electron chi connectivity index (χ0n) is 14.9. The van der Waals surface area contributed by atoms with E-state index in [2.05, 4.69) is 15.0 Å². The summed E-state index contributed by atoms with van der Waals surface area (Å²) in [6.45, 7) is 0.538. The Morgan fingerprint density at radius 3 is 2.52 bits per heavy atom. The van der Waals surface area contributed by atoms with Gasteiger partial charge in [-0.15, -0.1) is 0 Å². The molecule has 27 heavy (non-hydrogen) atoms. The van der Waals surface area contributed by atoms with Gasteiger partial charge in [-0.05, 0) is 34.9 Å². The topological polar surface area (TPSA) is 77.4 Å². The summed E-state index contributed by atoms with van der Waals surface area (Å²) in [5, 5.41) is 9.38. The third-order valence-electron chi connectivity index (χ3n) is 3.87. The molecule has 0 fully saturated rings. The minimum absolute atomic E-state index is 0.0164. The van der Waals surface area contributed by atoms with Gasteiger partial charge in [-0.1, -0.05) is 23.7 Å². The minimum Gasteiger partial charge on any atom is -0.481 e. The highest BCUT2D eigenvalue weighted by Gasteiger charge is 2.10. The molecule has 0 saturated carbocycles. The van der Waals surface area contributed by atoms with Crippen LogP contribution in [0.15, 0.2) is 48.9 Å². The van der Waals surface area contributed by atoms with Gasteiger partial charge in [0.15, 0.2) is 5.82 Å². The van der Waals surface area contributed by atoms with Gasteiger partial charge in [-0.25, -0.2) is 15.0 Å². The molecule has 140 valence electrons. The van der Waals surface area contributed by atoms with E-state index in [4.69, 9.17) is 26.2 Å². The van der Waals surface area contributed by atoms with Crippen LogP contribution < -0.4 is 4.74 Å². The smallest absolute Gasteiger partial charge is 0.221 e. The lowest BCUT2D eigenvalue weighted by Crippen LogP contribution is -2.03. The Kier molecular flexibility index (Phi) is 6.70. The molecule has 6 nitrogen and oxygen atoms in total. The van der Waals surface area contributed by atoms with Crippen molar-refractivity contribution in [3.8, 4) is 17.0 Å². The van der Waals surface area contributed by atoms with Crippen molar-refractivity contribution >= 4 is 11.6 Å². The van der Waals surface area contributed by atoms with Gasteiger partial charge in [-0.3, -0.25) is 0 Å². The van der Waals surface area contributed by atoms with Gasteiger partial charge in [0, 0.05) is 35.6 Å². The zero-order chi connectivity index (χ0) is 19.1. The van der Waals surface area contributed by atoms with Crippen LogP contribution in [0.25, 0.3) is 11.1 Å². The quantitative estimate of drug-likeness (QED) is 0.599. The van der Waals surface area contributed by atoms with Crippen molar-refractivity contribution in [2.45, 2.75) is 13.0 Å². The predicted molar refractivity (Wildman–Crippen MR) is 103 cm³/mol. The summed E-state index contributed by atoms with van der Waals surface area (Å²) in [6.07, 6.45) is 5.97. The van der Waals surface area contributed by atoms with Crippen LogP contribution in [0.5, 0.6) is 5.88 Å². The van der Waals surface area contributed by atoms with Crippen molar-refractivity contribution in [2.75, 3.05) is 20.3 Å². The number of nitrogens with zero attached hydrogens (tertiary/aromatic N) is 3. The first-order chi connectivity index (χ1) is 13.2. The molecule has 0 amide bonds. The number of aliphatic hydroxyl groups is 1. The van der Waals surface area contributed by atoms with E-state index < -0.39 is 0 Å². The van der Waals surface area contributed by atoms with Gasteiger partial charge in [0.25, 0.3) is 0 Å². The van der Waals surface area contributed by atoms with E-state index >= 15 is 0 Å². The molecule has 7 heteroatoms. The third kappa shape index (κ3) is 5.23. The van der Waals surface area contributed by atoms with E-state index in [1.165, 1.54) is 0 Å².